The molecule has 47 heavy (non-hydrogen) atoms. The molecule has 8 rings (SSSR count). The Morgan fingerprint density at radius 2 is 1.91 bits per heavy atom. The molecule has 0 radical (unpaired) electrons. The van der Waals surface area contributed by atoms with E-state index in [1.54, 1.807) is 10.9 Å². The number of hydrogen-bond donors (Lipinski definition) is 2. The van der Waals surface area contributed by atoms with Crippen molar-refractivity contribution in [2.24, 2.45) is 35.2 Å². The summed E-state index contributed by atoms with van der Waals surface area (Å²) in [6, 6.07) is 13.5. The summed E-state index contributed by atoms with van der Waals surface area (Å²) in [6.07, 6.45) is 6.55. The molecule has 3 aliphatic carbocycles. The first-order valence-electron chi connectivity index (χ1n) is 16.6. The highest BCUT2D eigenvalue weighted by Gasteiger charge is 2.56. The molecule has 2 N–H and O–H groups in total. The highest BCUT2D eigenvalue weighted by atomic mass is 35.5. The van der Waals surface area contributed by atoms with Crippen molar-refractivity contribution in [3.05, 3.63) is 75.9 Å². The Hall–Kier alpha value is -4.18. The number of piperazine rings is 1. The molecule has 2 aromatic heterocycles. The minimum absolute atomic E-state index is 0.00454. The molecule has 0 spiro atoms. The van der Waals surface area contributed by atoms with Gasteiger partial charge in [0, 0.05) is 43.1 Å². The summed E-state index contributed by atoms with van der Waals surface area (Å²) >= 11 is 6.09. The van der Waals surface area contributed by atoms with Crippen molar-refractivity contribution >= 4 is 40.1 Å². The maximum atomic E-state index is 14.0. The number of hydrogen-bond acceptors (Lipinski definition) is 5. The Kier molecular flexibility index (Phi) is 8.10. The number of imidazole rings is 1. The summed E-state index contributed by atoms with van der Waals surface area (Å²) in [5.74, 6) is 2.97. The molecule has 0 unspecified atom stereocenters. The Labute approximate surface area is 280 Å². The van der Waals surface area contributed by atoms with Crippen LogP contribution in [0.25, 0.3) is 22.4 Å². The van der Waals surface area contributed by atoms with Crippen molar-refractivity contribution in [3.8, 4) is 11.5 Å². The molecule has 2 aromatic carbocycles. The van der Waals surface area contributed by atoms with Crippen LogP contribution in [0.5, 0.6) is 0 Å². The number of carbonyl (C=O) groups is 1. The Morgan fingerprint density at radius 3 is 2.60 bits per heavy atom. The Bertz CT molecular complexity index is 1910. The Balaban J connectivity index is 1.24. The molecule has 10 nitrogen and oxygen atoms in total. The SMILES string of the molecule is C[C@@H]1[C@@H](/N=C(/Nc2ccc3c(=O)n(CCc4ccc(Cl)cc4)c(-c4cn(C)cn4)nc3c2)N2CC(=O)N[C@@H](C)C2)C[C@H]2C[C@@H]1C2(C)C. The molecule has 2 bridgehead atoms. The van der Waals surface area contributed by atoms with E-state index in [2.05, 4.69) is 36.4 Å². The zero-order chi connectivity index (χ0) is 33.0. The predicted molar refractivity (Wildman–Crippen MR) is 187 cm³/mol. The molecule has 3 saturated carbocycles. The number of fused-ring (bicyclic) bond motifs is 3. The van der Waals surface area contributed by atoms with Crippen molar-refractivity contribution in [2.75, 3.05) is 18.4 Å². The molecule has 4 fully saturated rings. The summed E-state index contributed by atoms with van der Waals surface area (Å²) in [7, 11) is 1.90. The largest absolute Gasteiger partial charge is 0.350 e. The van der Waals surface area contributed by atoms with Crippen LogP contribution in [0.3, 0.4) is 0 Å². The summed E-state index contributed by atoms with van der Waals surface area (Å²) in [5, 5.41) is 7.79. The van der Waals surface area contributed by atoms with Gasteiger partial charge in [0.2, 0.25) is 5.91 Å². The normalized spacial score (nSPS) is 25.4. The average Bonchev–Trinajstić information content (AvgIpc) is 3.47. The van der Waals surface area contributed by atoms with Gasteiger partial charge in [-0.25, -0.2) is 15.0 Å². The number of aliphatic imine (C=N–C) groups is 1. The fourth-order valence-electron chi connectivity index (χ4n) is 7.99. The molecule has 5 atom stereocenters. The number of nitrogens with zero attached hydrogens (tertiary/aromatic N) is 6. The average molecular weight is 655 g/mol. The number of carbonyl (C=O) groups excluding carboxylic acids is 1. The van der Waals surface area contributed by atoms with Crippen molar-refractivity contribution in [3.63, 3.8) is 0 Å². The van der Waals surface area contributed by atoms with Gasteiger partial charge in [-0.1, -0.05) is 44.5 Å². The van der Waals surface area contributed by atoms with Crippen LogP contribution < -0.4 is 16.2 Å². The first kappa shape index (κ1) is 31.4. The highest BCUT2D eigenvalue weighted by molar-refractivity contribution is 6.30. The molecular weight excluding hydrogens is 612 g/mol. The van der Waals surface area contributed by atoms with Gasteiger partial charge in [0.05, 0.1) is 29.8 Å². The van der Waals surface area contributed by atoms with E-state index in [0.717, 1.165) is 17.7 Å². The summed E-state index contributed by atoms with van der Waals surface area (Å²) in [4.78, 5) is 43.6. The van der Waals surface area contributed by atoms with Crippen molar-refractivity contribution in [1.29, 1.82) is 0 Å². The monoisotopic (exact) mass is 654 g/mol. The van der Waals surface area contributed by atoms with Gasteiger partial charge >= 0.3 is 0 Å². The molecular formula is C36H43ClN8O2. The van der Waals surface area contributed by atoms with E-state index in [1.807, 2.05) is 72.1 Å². The number of aryl methyl sites for hydroxylation is 2. The predicted octanol–water partition coefficient (Wildman–Crippen LogP) is 5.35. The lowest BCUT2D eigenvalue weighted by Gasteiger charge is -2.61. The van der Waals surface area contributed by atoms with Crippen LogP contribution in [0.1, 0.15) is 46.1 Å². The van der Waals surface area contributed by atoms with Crippen molar-refractivity contribution < 1.29 is 4.79 Å². The van der Waals surface area contributed by atoms with Crippen LogP contribution in [-0.2, 0) is 24.8 Å². The second-order valence-electron chi connectivity index (χ2n) is 14.4. The number of guanidine groups is 1. The zero-order valence-electron chi connectivity index (χ0n) is 27.7. The van der Waals surface area contributed by atoms with E-state index in [4.69, 9.17) is 21.6 Å². The summed E-state index contributed by atoms with van der Waals surface area (Å²) < 4.78 is 3.56. The van der Waals surface area contributed by atoms with Gasteiger partial charge in [-0.05, 0) is 85.3 Å². The van der Waals surface area contributed by atoms with E-state index in [0.29, 0.717) is 76.1 Å². The Morgan fingerprint density at radius 1 is 1.13 bits per heavy atom. The minimum atomic E-state index is -0.121. The molecule has 3 heterocycles. The fourth-order valence-corrected chi connectivity index (χ4v) is 8.12. The quantitative estimate of drug-likeness (QED) is 0.214. The van der Waals surface area contributed by atoms with E-state index in [-0.39, 0.29) is 30.1 Å². The van der Waals surface area contributed by atoms with E-state index >= 15 is 0 Å². The maximum absolute atomic E-state index is 14.0. The van der Waals surface area contributed by atoms with Gasteiger partial charge in [-0.2, -0.15) is 0 Å². The molecule has 11 heteroatoms. The number of benzene rings is 2. The van der Waals surface area contributed by atoms with E-state index < -0.39 is 0 Å². The van der Waals surface area contributed by atoms with Gasteiger partial charge in [0.15, 0.2) is 11.8 Å². The highest BCUT2D eigenvalue weighted by Crippen LogP contribution is 2.61. The van der Waals surface area contributed by atoms with E-state index in [9.17, 15) is 9.59 Å². The third-order valence-corrected chi connectivity index (χ3v) is 11.1. The lowest BCUT2D eigenvalue weighted by atomic mass is 9.45. The lowest BCUT2D eigenvalue weighted by molar-refractivity contribution is -0.124. The number of nitrogens with one attached hydrogen (secondary N) is 2. The van der Waals surface area contributed by atoms with Gasteiger partial charge < -0.3 is 20.1 Å². The van der Waals surface area contributed by atoms with Crippen LogP contribution in [0, 0.1) is 23.2 Å². The maximum Gasteiger partial charge on any atom is 0.261 e. The standard InChI is InChI=1S/C36H43ClN8O2/c1-21-17-44(19-32(46)39-21)35(42-29-15-24-14-28(22(29)2)36(24,3)4)40-26-10-11-27-30(16-26)41-33(31-18-43(5)20-38-31)45(34(27)47)13-12-23-6-8-25(37)9-7-23/h6-11,16,18,20-22,24,28-29H,12-15,17,19H2,1-5H3,(H,39,46)(H,40,42)/t21-,22-,24+,28-,29-/m0/s1. The molecule has 1 amide bonds. The number of rotatable bonds is 6. The van der Waals surface area contributed by atoms with Gasteiger partial charge in [0.1, 0.15) is 5.69 Å². The molecule has 4 aromatic rings. The minimum Gasteiger partial charge on any atom is -0.350 e. The summed E-state index contributed by atoms with van der Waals surface area (Å²) in [5.41, 5.74) is 3.28. The van der Waals surface area contributed by atoms with Crippen LogP contribution in [-0.4, -0.2) is 61.0 Å². The first-order valence-corrected chi connectivity index (χ1v) is 17.0. The number of aromatic nitrogens is 4. The fraction of sp³-hybridized carbons (Fsp3) is 0.472. The van der Waals surface area contributed by atoms with Crippen LogP contribution in [0.4, 0.5) is 5.69 Å². The molecule has 246 valence electrons. The second kappa shape index (κ2) is 12.1. The molecule has 4 aliphatic rings. The lowest BCUT2D eigenvalue weighted by Crippen LogP contribution is -2.58. The first-order chi connectivity index (χ1) is 22.5. The van der Waals surface area contributed by atoms with Crippen LogP contribution in [0.2, 0.25) is 5.02 Å². The smallest absolute Gasteiger partial charge is 0.261 e. The van der Waals surface area contributed by atoms with Gasteiger partial charge in [-0.3, -0.25) is 14.2 Å². The van der Waals surface area contributed by atoms with E-state index in [1.165, 1.54) is 6.42 Å². The van der Waals surface area contributed by atoms with Crippen molar-refractivity contribution in [2.45, 2.75) is 65.6 Å². The summed E-state index contributed by atoms with van der Waals surface area (Å²) in [6.45, 7) is 10.5. The molecule has 1 aliphatic heterocycles. The van der Waals surface area contributed by atoms with Gasteiger partial charge in [-0.15, -0.1) is 0 Å². The van der Waals surface area contributed by atoms with Crippen LogP contribution >= 0.6 is 11.6 Å². The van der Waals surface area contributed by atoms with Crippen LogP contribution in [0.15, 0.2) is 64.8 Å². The van der Waals surface area contributed by atoms with Crippen molar-refractivity contribution in [1.82, 2.24) is 29.3 Å². The zero-order valence-corrected chi connectivity index (χ0v) is 28.5. The number of halogens is 1. The number of amides is 1. The molecule has 1 saturated heterocycles. The third kappa shape index (κ3) is 6.04. The number of anilines is 1. The third-order valence-electron chi connectivity index (χ3n) is 10.8. The van der Waals surface area contributed by atoms with Gasteiger partial charge in [0.25, 0.3) is 5.56 Å². The topological polar surface area (TPSA) is 109 Å². The second-order valence-corrected chi connectivity index (χ2v) is 14.8.